The normalized spacial score (nSPS) is 15.1. The quantitative estimate of drug-likeness (QED) is 0.484. The Morgan fingerprint density at radius 1 is 1.21 bits per heavy atom. The van der Waals surface area contributed by atoms with Gasteiger partial charge >= 0.3 is 0 Å². The van der Waals surface area contributed by atoms with Crippen LogP contribution >= 0.6 is 11.8 Å². The first-order chi connectivity index (χ1) is 14.2. The summed E-state index contributed by atoms with van der Waals surface area (Å²) in [5.74, 6) is -0.0565. The number of tetrazole rings is 1. The molecule has 4 aromatic rings. The van der Waals surface area contributed by atoms with Gasteiger partial charge in [0.25, 0.3) is 0 Å². The van der Waals surface area contributed by atoms with Crippen molar-refractivity contribution < 1.29 is 4.79 Å². The number of nitrogens with one attached hydrogen (secondary N) is 1. The first-order valence-corrected chi connectivity index (χ1v) is 10.8. The number of amides is 1. The lowest BCUT2D eigenvalue weighted by Gasteiger charge is -2.12. The van der Waals surface area contributed by atoms with Gasteiger partial charge in [-0.2, -0.15) is 0 Å². The smallest absolute Gasteiger partial charge is 0.237 e. The van der Waals surface area contributed by atoms with Crippen molar-refractivity contribution in [3.8, 4) is 0 Å². The number of para-hydroxylation sites is 1. The van der Waals surface area contributed by atoms with E-state index in [0.29, 0.717) is 11.2 Å². The van der Waals surface area contributed by atoms with Crippen molar-refractivity contribution in [2.24, 2.45) is 0 Å². The zero-order valence-electron chi connectivity index (χ0n) is 16.4. The molecular formula is C21H22N6OS. The lowest BCUT2D eigenvalue weighted by atomic mass is 10.1. The molecule has 8 heteroatoms. The molecule has 2 heterocycles. The van der Waals surface area contributed by atoms with Crippen molar-refractivity contribution in [3.63, 3.8) is 0 Å². The first-order valence-electron chi connectivity index (χ1n) is 9.92. The number of benzene rings is 2. The van der Waals surface area contributed by atoms with Crippen LogP contribution < -0.4 is 5.32 Å². The highest BCUT2D eigenvalue weighted by Gasteiger charge is 2.29. The van der Waals surface area contributed by atoms with E-state index >= 15 is 0 Å². The summed E-state index contributed by atoms with van der Waals surface area (Å²) in [6.07, 6.45) is 2.20. The van der Waals surface area contributed by atoms with Crippen LogP contribution in [0.4, 0.5) is 5.69 Å². The molecule has 148 valence electrons. The Labute approximate surface area is 172 Å². The van der Waals surface area contributed by atoms with E-state index in [0.717, 1.165) is 30.5 Å². The molecule has 2 aromatic carbocycles. The fourth-order valence-electron chi connectivity index (χ4n) is 3.74. The number of carbonyl (C=O) groups is 1. The van der Waals surface area contributed by atoms with Crippen molar-refractivity contribution >= 4 is 45.2 Å². The standard InChI is InChI=1S/C21H22N6OS/c1-3-26-18-7-5-4-6-16(18)17-12-14(8-11-19(17)26)22-20(28)13(2)29-21-23-24-25-27(21)15-9-10-15/h4-8,11-13,15H,3,9-10H2,1-2H3,(H,22,28). The molecule has 1 aliphatic carbocycles. The van der Waals surface area contributed by atoms with Gasteiger partial charge in [-0.05, 0) is 61.4 Å². The second-order valence-electron chi connectivity index (χ2n) is 7.38. The van der Waals surface area contributed by atoms with Gasteiger partial charge in [0.1, 0.15) is 0 Å². The SMILES string of the molecule is CCn1c2ccccc2c2cc(NC(=O)C(C)Sc3nnnn3C3CC3)ccc21. The Balaban J connectivity index is 1.38. The van der Waals surface area contributed by atoms with E-state index in [9.17, 15) is 4.79 Å². The van der Waals surface area contributed by atoms with Crippen LogP contribution in [0.1, 0.15) is 32.7 Å². The van der Waals surface area contributed by atoms with Crippen molar-refractivity contribution in [2.75, 3.05) is 5.32 Å². The third-order valence-corrected chi connectivity index (χ3v) is 6.41. The molecule has 0 bridgehead atoms. The molecule has 5 rings (SSSR count). The number of anilines is 1. The van der Waals surface area contributed by atoms with Gasteiger partial charge in [-0.15, -0.1) is 5.10 Å². The van der Waals surface area contributed by atoms with Gasteiger partial charge in [-0.1, -0.05) is 30.0 Å². The molecular weight excluding hydrogens is 384 g/mol. The maximum absolute atomic E-state index is 12.8. The molecule has 1 fully saturated rings. The number of hydrogen-bond acceptors (Lipinski definition) is 5. The second kappa shape index (κ2) is 7.18. The Hall–Kier alpha value is -2.87. The molecule has 1 saturated carbocycles. The summed E-state index contributed by atoms with van der Waals surface area (Å²) in [5.41, 5.74) is 3.19. The third-order valence-electron chi connectivity index (χ3n) is 5.36. The van der Waals surface area contributed by atoms with Crippen molar-refractivity contribution in [1.82, 2.24) is 24.8 Å². The number of nitrogens with zero attached hydrogens (tertiary/aromatic N) is 5. The molecule has 0 spiro atoms. The van der Waals surface area contributed by atoms with Crippen LogP contribution in [0.15, 0.2) is 47.6 Å². The highest BCUT2D eigenvalue weighted by molar-refractivity contribution is 8.00. The summed E-state index contributed by atoms with van der Waals surface area (Å²) in [6, 6.07) is 14.9. The van der Waals surface area contributed by atoms with E-state index in [4.69, 9.17) is 0 Å². The molecule has 1 unspecified atom stereocenters. The number of carbonyl (C=O) groups excluding carboxylic acids is 1. The topological polar surface area (TPSA) is 77.6 Å². The first kappa shape index (κ1) is 18.2. The van der Waals surface area contributed by atoms with Crippen LogP contribution in [-0.4, -0.2) is 35.9 Å². The molecule has 1 aliphatic rings. The summed E-state index contributed by atoms with van der Waals surface area (Å²) in [5, 5.41) is 17.7. The Morgan fingerprint density at radius 2 is 2.00 bits per heavy atom. The molecule has 1 N–H and O–H groups in total. The van der Waals surface area contributed by atoms with Crippen molar-refractivity contribution in [3.05, 3.63) is 42.5 Å². The zero-order valence-corrected chi connectivity index (χ0v) is 17.2. The van der Waals surface area contributed by atoms with Crippen molar-refractivity contribution in [2.45, 2.75) is 49.7 Å². The van der Waals surface area contributed by atoms with Gasteiger partial charge in [0.05, 0.1) is 11.3 Å². The minimum atomic E-state index is -0.300. The average molecular weight is 407 g/mol. The minimum absolute atomic E-state index is 0.0565. The maximum Gasteiger partial charge on any atom is 0.237 e. The largest absolute Gasteiger partial charge is 0.341 e. The number of thioether (sulfide) groups is 1. The van der Waals surface area contributed by atoms with E-state index in [-0.39, 0.29) is 11.2 Å². The third kappa shape index (κ3) is 3.27. The number of rotatable bonds is 6. The summed E-state index contributed by atoms with van der Waals surface area (Å²) >= 11 is 1.40. The van der Waals surface area contributed by atoms with Gasteiger partial charge in [-0.3, -0.25) is 4.79 Å². The monoisotopic (exact) mass is 406 g/mol. The van der Waals surface area contributed by atoms with Crippen LogP contribution in [0, 0.1) is 0 Å². The van der Waals surface area contributed by atoms with E-state index in [1.165, 1.54) is 28.2 Å². The fourth-order valence-corrected chi connectivity index (χ4v) is 4.60. The van der Waals surface area contributed by atoms with Crippen molar-refractivity contribution in [1.29, 1.82) is 0 Å². The van der Waals surface area contributed by atoms with Crippen LogP contribution in [0.2, 0.25) is 0 Å². The van der Waals surface area contributed by atoms with Gasteiger partial charge in [0.2, 0.25) is 11.1 Å². The lowest BCUT2D eigenvalue weighted by Crippen LogP contribution is -2.23. The van der Waals surface area contributed by atoms with E-state index in [2.05, 4.69) is 68.7 Å². The molecule has 2 aromatic heterocycles. The van der Waals surface area contributed by atoms with E-state index in [1.807, 2.05) is 17.7 Å². The summed E-state index contributed by atoms with van der Waals surface area (Å²) in [6.45, 7) is 4.93. The second-order valence-corrected chi connectivity index (χ2v) is 8.69. The van der Waals surface area contributed by atoms with Crippen LogP contribution in [-0.2, 0) is 11.3 Å². The predicted octanol–water partition coefficient (Wildman–Crippen LogP) is 4.26. The van der Waals surface area contributed by atoms with Crippen LogP contribution in [0.3, 0.4) is 0 Å². The fraction of sp³-hybridized carbons (Fsp3) is 0.333. The minimum Gasteiger partial charge on any atom is -0.341 e. The van der Waals surface area contributed by atoms with Crippen LogP contribution in [0.5, 0.6) is 0 Å². The van der Waals surface area contributed by atoms with Gasteiger partial charge < -0.3 is 9.88 Å². The lowest BCUT2D eigenvalue weighted by molar-refractivity contribution is -0.115. The molecule has 1 amide bonds. The molecule has 0 radical (unpaired) electrons. The summed E-state index contributed by atoms with van der Waals surface area (Å²) in [4.78, 5) is 12.8. The van der Waals surface area contributed by atoms with Gasteiger partial charge in [0.15, 0.2) is 0 Å². The number of aryl methyl sites for hydroxylation is 1. The van der Waals surface area contributed by atoms with E-state index in [1.54, 1.807) is 0 Å². The Bertz CT molecular complexity index is 1210. The molecule has 29 heavy (non-hydrogen) atoms. The zero-order chi connectivity index (χ0) is 20.0. The number of fused-ring (bicyclic) bond motifs is 3. The van der Waals surface area contributed by atoms with Crippen LogP contribution in [0.25, 0.3) is 21.8 Å². The highest BCUT2D eigenvalue weighted by Crippen LogP contribution is 2.37. The Morgan fingerprint density at radius 3 is 2.79 bits per heavy atom. The predicted molar refractivity (Wildman–Crippen MR) is 115 cm³/mol. The number of hydrogen-bond donors (Lipinski definition) is 1. The Kier molecular flexibility index (Phi) is 4.50. The molecule has 7 nitrogen and oxygen atoms in total. The molecule has 0 aliphatic heterocycles. The highest BCUT2D eigenvalue weighted by atomic mass is 32.2. The molecule has 1 atom stereocenters. The summed E-state index contributed by atoms with van der Waals surface area (Å²) in [7, 11) is 0. The summed E-state index contributed by atoms with van der Waals surface area (Å²) < 4.78 is 4.13. The number of aromatic nitrogens is 5. The van der Waals surface area contributed by atoms with Gasteiger partial charge in [0, 0.05) is 34.0 Å². The maximum atomic E-state index is 12.8. The van der Waals surface area contributed by atoms with E-state index < -0.39 is 0 Å². The average Bonchev–Trinajstić information content (AvgIpc) is 3.39. The van der Waals surface area contributed by atoms with Gasteiger partial charge in [-0.25, -0.2) is 4.68 Å². The molecule has 0 saturated heterocycles.